The molecule has 0 aliphatic heterocycles. The Morgan fingerprint density at radius 3 is 1.96 bits per heavy atom. The molecule has 11 rings (SSSR count). The minimum Gasteiger partial charge on any atom is -0.507 e. The van der Waals surface area contributed by atoms with E-state index in [-0.39, 0.29) is 34.3 Å². The number of rotatable bonds is 8. The van der Waals surface area contributed by atoms with Gasteiger partial charge in [-0.1, -0.05) is 170 Å². The van der Waals surface area contributed by atoms with Gasteiger partial charge in [0.25, 0.3) is 0 Å². The van der Waals surface area contributed by atoms with Crippen molar-refractivity contribution in [1.29, 1.82) is 0 Å². The molecule has 0 spiro atoms. The molecule has 1 N–H and O–H groups in total. The van der Waals surface area contributed by atoms with Crippen molar-refractivity contribution in [2.45, 2.75) is 157 Å². The maximum absolute atomic E-state index is 12.9. The summed E-state index contributed by atoms with van der Waals surface area (Å²) >= 11 is 0. The molecule has 1 aliphatic rings. The van der Waals surface area contributed by atoms with E-state index in [1.54, 1.807) is 0 Å². The predicted molar refractivity (Wildman–Crippen MR) is 314 cm³/mol. The first-order valence-electron chi connectivity index (χ1n) is 27.4. The number of pyridine rings is 1. The summed E-state index contributed by atoms with van der Waals surface area (Å²) in [7, 11) is 0. The zero-order chi connectivity index (χ0) is 52.3. The molecule has 5 heteroatoms. The van der Waals surface area contributed by atoms with E-state index in [1.165, 1.54) is 58.9 Å². The normalized spacial score (nSPS) is 14.9. The van der Waals surface area contributed by atoms with E-state index in [2.05, 4.69) is 217 Å². The number of furan rings is 1. The quantitative estimate of drug-likeness (QED) is 0.165. The van der Waals surface area contributed by atoms with E-state index in [1.807, 2.05) is 6.20 Å². The highest BCUT2D eigenvalue weighted by Gasteiger charge is 2.33. The number of phenolic OH excluding ortho intramolecular Hbond substituents is 1. The fourth-order valence-corrected chi connectivity index (χ4v) is 12.1. The van der Waals surface area contributed by atoms with Gasteiger partial charge >= 0.3 is 0 Å². The highest BCUT2D eigenvalue weighted by molar-refractivity contribution is 6.22. The largest absolute Gasteiger partial charge is 0.507 e. The Morgan fingerprint density at radius 2 is 1.31 bits per heavy atom. The third-order valence-electron chi connectivity index (χ3n) is 16.6. The van der Waals surface area contributed by atoms with Crippen molar-refractivity contribution >= 4 is 54.5 Å². The van der Waals surface area contributed by atoms with Crippen molar-refractivity contribution in [2.24, 2.45) is 5.41 Å². The minimum absolute atomic E-state index is 0.0718. The highest BCUT2D eigenvalue weighted by atomic mass is 16.3. The molecule has 378 valence electrons. The molecule has 7 aromatic carbocycles. The summed E-state index contributed by atoms with van der Waals surface area (Å²) in [6.45, 7) is 32.1. The Morgan fingerprint density at radius 1 is 0.649 bits per heavy atom. The molecule has 1 fully saturated rings. The molecule has 10 aromatic rings. The van der Waals surface area contributed by atoms with Gasteiger partial charge in [-0.05, 0) is 158 Å². The second kappa shape index (κ2) is 18.0. The van der Waals surface area contributed by atoms with Crippen LogP contribution in [0.25, 0.3) is 94.0 Å². The molecule has 1 saturated carbocycles. The summed E-state index contributed by atoms with van der Waals surface area (Å²) in [6, 6.07) is 42.7. The lowest BCUT2D eigenvalue weighted by Crippen LogP contribution is -2.20. The zero-order valence-corrected chi connectivity index (χ0v) is 46.4. The molecule has 3 heterocycles. The molecule has 0 bridgehead atoms. The van der Waals surface area contributed by atoms with Crippen molar-refractivity contribution in [1.82, 2.24) is 14.5 Å². The summed E-state index contributed by atoms with van der Waals surface area (Å²) in [5.74, 6) is 2.09. The van der Waals surface area contributed by atoms with Crippen LogP contribution >= 0.6 is 0 Å². The Kier molecular flexibility index (Phi) is 12.0. The van der Waals surface area contributed by atoms with Crippen molar-refractivity contribution in [2.75, 3.05) is 0 Å². The molecule has 5 nitrogen and oxygen atoms in total. The summed E-state index contributed by atoms with van der Waals surface area (Å²) in [5.41, 5.74) is 16.7. The number of aromatic hydroxyl groups is 1. The van der Waals surface area contributed by atoms with E-state index in [0.717, 1.165) is 94.2 Å². The fourth-order valence-electron chi connectivity index (χ4n) is 12.1. The lowest BCUT2D eigenvalue weighted by Gasteiger charge is -2.34. The lowest BCUT2D eigenvalue weighted by atomic mass is 9.71. The van der Waals surface area contributed by atoms with E-state index in [0.29, 0.717) is 11.3 Å². The van der Waals surface area contributed by atoms with Crippen LogP contribution in [0.5, 0.6) is 5.75 Å². The van der Waals surface area contributed by atoms with E-state index in [4.69, 9.17) is 14.4 Å². The van der Waals surface area contributed by atoms with Gasteiger partial charge in [0.15, 0.2) is 0 Å². The first-order chi connectivity index (χ1) is 35.1. The summed E-state index contributed by atoms with van der Waals surface area (Å²) in [5, 5.41) is 19.6. The SMILES string of the molecule is CC(C)c1cc(-c2nc3c(-c4cc(-c5cc(C6CCC(C)(C)CC6)ccn5)c5oc6ccc7ccccc7c6c5c4)cc4ccccc4c3n2-c2c(C(C)C)cc(C(C)(C)C)cc2C(C)C)c(O)c(C(C)(C)C)c1. The first kappa shape index (κ1) is 49.5. The minimum atomic E-state index is -0.332. The predicted octanol–water partition coefficient (Wildman–Crippen LogP) is 20.0. The monoisotopic (exact) mass is 978 g/mol. The van der Waals surface area contributed by atoms with E-state index < -0.39 is 0 Å². The van der Waals surface area contributed by atoms with Crippen LogP contribution in [0.4, 0.5) is 0 Å². The average Bonchev–Trinajstić information content (AvgIpc) is 3.95. The zero-order valence-electron chi connectivity index (χ0n) is 46.4. The Balaban J connectivity index is 1.30. The van der Waals surface area contributed by atoms with Crippen LogP contribution in [0.15, 0.2) is 126 Å². The van der Waals surface area contributed by atoms with Gasteiger partial charge in [-0.2, -0.15) is 0 Å². The molecule has 3 aromatic heterocycles. The molecule has 1 aliphatic carbocycles. The van der Waals surface area contributed by atoms with Gasteiger partial charge in [0.1, 0.15) is 22.7 Å². The number of nitrogens with zero attached hydrogens (tertiary/aromatic N) is 3. The van der Waals surface area contributed by atoms with Gasteiger partial charge in [0.2, 0.25) is 0 Å². The number of hydrogen-bond acceptors (Lipinski definition) is 4. The maximum Gasteiger partial charge on any atom is 0.149 e. The Bertz CT molecular complexity index is 3800. The Hall–Kier alpha value is -6.72. The second-order valence-corrected chi connectivity index (χ2v) is 25.6. The van der Waals surface area contributed by atoms with Crippen LogP contribution < -0.4 is 0 Å². The topological polar surface area (TPSA) is 64.1 Å². The number of imidazole rings is 1. The van der Waals surface area contributed by atoms with E-state index in [9.17, 15) is 5.11 Å². The van der Waals surface area contributed by atoms with Crippen molar-refractivity contribution < 1.29 is 9.52 Å². The van der Waals surface area contributed by atoms with Crippen molar-refractivity contribution in [3.63, 3.8) is 0 Å². The maximum atomic E-state index is 12.9. The molecule has 0 radical (unpaired) electrons. The van der Waals surface area contributed by atoms with Crippen LogP contribution in [-0.4, -0.2) is 19.6 Å². The Labute approximate surface area is 439 Å². The average molecular weight is 978 g/mol. The fraction of sp³-hybridized carbons (Fsp3) is 0.362. The molecule has 0 saturated heterocycles. The van der Waals surface area contributed by atoms with Gasteiger partial charge in [-0.15, -0.1) is 0 Å². The smallest absolute Gasteiger partial charge is 0.149 e. The van der Waals surface area contributed by atoms with E-state index >= 15 is 0 Å². The summed E-state index contributed by atoms with van der Waals surface area (Å²) < 4.78 is 9.50. The molecular formula is C69H75N3O2. The third-order valence-corrected chi connectivity index (χ3v) is 16.6. The first-order valence-corrected chi connectivity index (χ1v) is 27.4. The molecule has 0 unspecified atom stereocenters. The van der Waals surface area contributed by atoms with Gasteiger partial charge in [0.05, 0.1) is 28.0 Å². The standard InChI is InChI=1S/C69H75N3O2/c1-39(2)46-32-56(64(73)57(35-46)68(10,11)12)66-71-61-53(31-45-20-16-18-22-50(45)63(61)72(66)62-51(40(3)4)37-48(67(7,8)9)38-52(62)41(5)6)47-33-54(58-36-44(27-30-70-58)42-25-28-69(13,14)29-26-42)65-55(34-47)60-49-21-17-15-19-43(49)23-24-59(60)74-65/h15-24,27,30-42,73H,25-26,28-29H2,1-14H3. The lowest BCUT2D eigenvalue weighted by molar-refractivity contribution is 0.224. The number of benzene rings is 7. The van der Waals surface area contributed by atoms with Crippen molar-refractivity contribution in [3.05, 3.63) is 155 Å². The van der Waals surface area contributed by atoms with Crippen molar-refractivity contribution in [3.8, 4) is 45.2 Å². The summed E-state index contributed by atoms with van der Waals surface area (Å²) in [6.07, 6.45) is 6.79. The van der Waals surface area contributed by atoms with Crippen LogP contribution in [-0.2, 0) is 10.8 Å². The third kappa shape index (κ3) is 8.49. The molecule has 74 heavy (non-hydrogen) atoms. The molecular weight excluding hydrogens is 903 g/mol. The molecule has 0 amide bonds. The van der Waals surface area contributed by atoms with Gasteiger partial charge < -0.3 is 9.52 Å². The van der Waals surface area contributed by atoms with Gasteiger partial charge in [-0.3, -0.25) is 9.55 Å². The van der Waals surface area contributed by atoms with Gasteiger partial charge in [0, 0.05) is 39.0 Å². The number of fused-ring (bicyclic) bond motifs is 8. The highest BCUT2D eigenvalue weighted by Crippen LogP contribution is 2.50. The number of aromatic nitrogens is 3. The summed E-state index contributed by atoms with van der Waals surface area (Å²) in [4.78, 5) is 11.2. The van der Waals surface area contributed by atoms with Crippen LogP contribution in [0.3, 0.4) is 0 Å². The number of phenols is 1. The van der Waals surface area contributed by atoms with Gasteiger partial charge in [-0.25, -0.2) is 4.98 Å². The van der Waals surface area contributed by atoms with Crippen LogP contribution in [0.1, 0.15) is 180 Å². The number of hydrogen-bond donors (Lipinski definition) is 1. The van der Waals surface area contributed by atoms with Crippen LogP contribution in [0, 0.1) is 5.41 Å². The second-order valence-electron chi connectivity index (χ2n) is 25.6. The molecule has 0 atom stereocenters. The van der Waals surface area contributed by atoms with Crippen LogP contribution in [0.2, 0.25) is 0 Å².